The fourth-order valence-electron chi connectivity index (χ4n) is 3.41. The van der Waals surface area contributed by atoms with Crippen molar-refractivity contribution in [3.8, 4) is 5.75 Å². The number of ether oxygens (including phenoxy) is 2. The Morgan fingerprint density at radius 2 is 1.76 bits per heavy atom. The number of carbonyl (C=O) groups is 2. The number of nitrogens with zero attached hydrogens (tertiary/aromatic N) is 2. The van der Waals surface area contributed by atoms with Crippen molar-refractivity contribution in [2.24, 2.45) is 0 Å². The van der Waals surface area contributed by atoms with Gasteiger partial charge in [-0.1, -0.05) is 11.6 Å². The molecular weight excluding hydrogens is 466 g/mol. The predicted molar refractivity (Wildman–Crippen MR) is 122 cm³/mol. The summed E-state index contributed by atoms with van der Waals surface area (Å²) in [6.45, 7) is 2.85. The molecule has 2 aromatic carbocycles. The monoisotopic (exact) mass is 492 g/mol. The summed E-state index contributed by atoms with van der Waals surface area (Å²) < 4.78 is 10.7. The van der Waals surface area contributed by atoms with Crippen LogP contribution in [-0.4, -0.2) is 58.4 Å². The minimum Gasteiger partial charge on any atom is -0.476 e. The van der Waals surface area contributed by atoms with Crippen molar-refractivity contribution in [3.05, 3.63) is 69.6 Å². The van der Waals surface area contributed by atoms with Gasteiger partial charge in [0, 0.05) is 21.7 Å². The number of hydrazine groups is 2. The molecule has 2 N–H and O–H groups in total. The van der Waals surface area contributed by atoms with E-state index in [9.17, 15) is 19.6 Å². The first-order chi connectivity index (χ1) is 16.2. The number of nitroso groups, excluding NO2 is 1. The summed E-state index contributed by atoms with van der Waals surface area (Å²) in [5, 5.41) is 11.2. The second kappa shape index (κ2) is 11.3. The molecule has 0 radical (unpaired) electrons. The first-order valence-electron chi connectivity index (χ1n) is 10.7. The summed E-state index contributed by atoms with van der Waals surface area (Å²) in [5.74, 6) is -0.524. The Morgan fingerprint density at radius 3 is 2.38 bits per heavy atom. The van der Waals surface area contributed by atoms with Crippen molar-refractivity contribution >= 4 is 23.4 Å². The van der Waals surface area contributed by atoms with Crippen molar-refractivity contribution in [1.82, 2.24) is 10.6 Å². The lowest BCUT2D eigenvalue weighted by Crippen LogP contribution is -2.46. The number of benzene rings is 2. The lowest BCUT2D eigenvalue weighted by molar-refractivity contribution is -0.793. The van der Waals surface area contributed by atoms with Crippen LogP contribution in [0.4, 0.5) is 0 Å². The number of rotatable bonds is 11. The molecule has 2 aromatic rings. The summed E-state index contributed by atoms with van der Waals surface area (Å²) in [5.41, 5.74) is 1.71. The van der Waals surface area contributed by atoms with Crippen LogP contribution >= 0.6 is 11.6 Å². The highest BCUT2D eigenvalue weighted by Crippen LogP contribution is 2.22. The second-order valence-electron chi connectivity index (χ2n) is 8.17. The summed E-state index contributed by atoms with van der Waals surface area (Å²) in [6, 6.07) is 12.7. The van der Waals surface area contributed by atoms with Crippen LogP contribution < -0.4 is 10.3 Å². The van der Waals surface area contributed by atoms with Gasteiger partial charge in [0.05, 0.1) is 18.1 Å². The highest BCUT2D eigenvalue weighted by molar-refractivity contribution is 6.30. The van der Waals surface area contributed by atoms with Gasteiger partial charge in [-0.15, -0.1) is 5.01 Å². The van der Waals surface area contributed by atoms with Crippen LogP contribution in [0.1, 0.15) is 42.6 Å². The van der Waals surface area contributed by atoms with Gasteiger partial charge in [0.25, 0.3) is 4.98 Å². The zero-order valence-electron chi connectivity index (χ0n) is 18.9. The molecule has 10 nitrogen and oxygen atoms in total. The average molecular weight is 493 g/mol. The number of nitrogens with one attached hydrogen (secondary N) is 1. The minimum absolute atomic E-state index is 0.142. The van der Waals surface area contributed by atoms with Gasteiger partial charge in [-0.3, -0.25) is 4.79 Å². The molecule has 0 bridgehead atoms. The predicted octanol–water partition coefficient (Wildman–Crippen LogP) is 2.82. The van der Waals surface area contributed by atoms with E-state index in [4.69, 9.17) is 25.9 Å². The highest BCUT2D eigenvalue weighted by Gasteiger charge is 2.36. The molecule has 3 rings (SSSR count). The van der Waals surface area contributed by atoms with Crippen LogP contribution in [0, 0.1) is 4.91 Å². The highest BCUT2D eigenvalue weighted by atomic mass is 35.5. The zero-order valence-corrected chi connectivity index (χ0v) is 19.7. The van der Waals surface area contributed by atoms with Gasteiger partial charge < -0.3 is 14.6 Å². The third-order valence-electron chi connectivity index (χ3n) is 5.27. The van der Waals surface area contributed by atoms with Gasteiger partial charge in [0.15, 0.2) is 11.4 Å². The average Bonchev–Trinajstić information content (AvgIpc) is 3.31. The molecule has 0 aromatic heterocycles. The molecule has 0 unspecified atom stereocenters. The van der Waals surface area contributed by atoms with Crippen molar-refractivity contribution in [2.75, 3.05) is 19.9 Å². The zero-order chi connectivity index (χ0) is 24.7. The third-order valence-corrected chi connectivity index (χ3v) is 5.52. The van der Waals surface area contributed by atoms with Crippen LogP contribution in [0.15, 0.2) is 48.5 Å². The molecule has 182 valence electrons. The number of hydrogen-bond acceptors (Lipinski definition) is 7. The summed E-state index contributed by atoms with van der Waals surface area (Å²) in [7, 11) is 0. The van der Waals surface area contributed by atoms with E-state index < -0.39 is 18.4 Å². The van der Waals surface area contributed by atoms with Crippen LogP contribution in [-0.2, 0) is 14.4 Å². The lowest BCUT2D eigenvalue weighted by atomic mass is 10.0. The molecule has 1 fully saturated rings. The third kappa shape index (κ3) is 6.43. The van der Waals surface area contributed by atoms with Crippen molar-refractivity contribution in [3.63, 3.8) is 0 Å². The molecular formula is C23H27ClN3O7+. The minimum atomic E-state index is -1.36. The Balaban J connectivity index is 1.47. The molecule has 0 saturated carbocycles. The number of aliphatic hydroxyl groups excluding tert-OH is 1. The van der Waals surface area contributed by atoms with Gasteiger partial charge in [0.2, 0.25) is 6.79 Å². The van der Waals surface area contributed by atoms with Gasteiger partial charge in [-0.05, 0) is 75.2 Å². The molecule has 0 amide bonds. The quantitative estimate of drug-likeness (QED) is 0.122. The Bertz CT molecular complexity index is 1010. The molecule has 0 spiro atoms. The van der Waals surface area contributed by atoms with Crippen LogP contribution in [0.2, 0.25) is 5.02 Å². The largest absolute Gasteiger partial charge is 0.476 e. The van der Waals surface area contributed by atoms with E-state index in [0.29, 0.717) is 39.8 Å². The van der Waals surface area contributed by atoms with Crippen molar-refractivity contribution in [1.29, 1.82) is 0 Å². The molecule has 0 aliphatic carbocycles. The topological polar surface area (TPSA) is 117 Å². The first kappa shape index (κ1) is 25.4. The number of halogens is 1. The van der Waals surface area contributed by atoms with Crippen molar-refractivity contribution < 1.29 is 34.0 Å². The molecule has 34 heavy (non-hydrogen) atoms. The number of carbonyl (C=O) groups excluding carboxylic acids is 2. The molecule has 1 aliphatic rings. The number of aliphatic hydroxyl groups is 1. The number of esters is 1. The molecule has 1 aliphatic heterocycles. The maximum Gasteiger partial charge on any atom is 0.352 e. The lowest BCUT2D eigenvalue weighted by Gasteiger charge is -2.24. The fraction of sp³-hybridized carbons (Fsp3) is 0.391. The van der Waals surface area contributed by atoms with E-state index >= 15 is 0 Å². The number of hydrogen-bond donors (Lipinski definition) is 2. The van der Waals surface area contributed by atoms with E-state index in [-0.39, 0.29) is 18.4 Å². The maximum absolute atomic E-state index is 12.6. The van der Waals surface area contributed by atoms with Crippen LogP contribution in [0.25, 0.3) is 0 Å². The molecule has 1 atom stereocenters. The molecule has 1 heterocycles. The van der Waals surface area contributed by atoms with E-state index in [1.54, 1.807) is 48.5 Å². The summed E-state index contributed by atoms with van der Waals surface area (Å²) in [4.78, 5) is 42.2. The second-order valence-corrected chi connectivity index (χ2v) is 8.61. The summed E-state index contributed by atoms with van der Waals surface area (Å²) >= 11 is 5.86. The van der Waals surface area contributed by atoms with Gasteiger partial charge in [0.1, 0.15) is 11.8 Å². The summed E-state index contributed by atoms with van der Waals surface area (Å²) in [6.07, 6.45) is 1.48. The van der Waals surface area contributed by atoms with E-state index in [1.807, 2.05) is 0 Å². The first-order valence-corrected chi connectivity index (χ1v) is 11.1. The maximum atomic E-state index is 12.6. The SMILES string of the molecule is CC(C)(Oc1ccc(C(=O)c2ccc(Cl)cc2)cc1)C(=O)OCON[N+](=O)N1CCC[C@H]1CO. The van der Waals surface area contributed by atoms with E-state index in [0.717, 1.165) is 6.42 Å². The van der Waals surface area contributed by atoms with Crippen LogP contribution in [0.3, 0.4) is 0 Å². The van der Waals surface area contributed by atoms with Gasteiger partial charge in [-0.25, -0.2) is 4.79 Å². The Kier molecular flexibility index (Phi) is 8.43. The van der Waals surface area contributed by atoms with Crippen LogP contribution in [0.5, 0.6) is 5.75 Å². The van der Waals surface area contributed by atoms with Crippen molar-refractivity contribution in [2.45, 2.75) is 38.3 Å². The molecule has 11 heteroatoms. The standard InChI is InChI=1S/C23H27ClN3O7/c1-23(2,22(30)32-15-33-25-27(31)26-13-3-4-19(26)14-28)34-20-11-7-17(8-12-20)21(29)16-5-9-18(24)10-6-16/h5-12,19,28H,3-4,13-15H2,1-2H3,(H,25,31)/q+1/t19-/m0/s1. The Hall–Kier alpha value is -3.21. The number of ketones is 1. The molecule has 1 saturated heterocycles. The fourth-order valence-corrected chi connectivity index (χ4v) is 3.54. The van der Waals surface area contributed by atoms with E-state index in [2.05, 4.69) is 5.59 Å². The smallest absolute Gasteiger partial charge is 0.352 e. The van der Waals surface area contributed by atoms with Gasteiger partial charge in [-0.2, -0.15) is 4.84 Å². The van der Waals surface area contributed by atoms with E-state index in [1.165, 1.54) is 18.9 Å². The Morgan fingerprint density at radius 1 is 1.15 bits per heavy atom. The normalized spacial score (nSPS) is 15.6. The Labute approximate surface area is 201 Å². The van der Waals surface area contributed by atoms with Gasteiger partial charge >= 0.3 is 5.97 Å².